The number of phenols is 2. The fourth-order valence-corrected chi connectivity index (χ4v) is 1.92. The Bertz CT molecular complexity index is 572. The second-order valence-corrected chi connectivity index (χ2v) is 4.48. The first kappa shape index (κ1) is 13.4. The van der Waals surface area contributed by atoms with Crippen molar-refractivity contribution in [3.63, 3.8) is 0 Å². The minimum Gasteiger partial charge on any atom is -0.508 e. The monoisotopic (exact) mass is 261 g/mol. The fourth-order valence-electron chi connectivity index (χ4n) is 1.92. The van der Waals surface area contributed by atoms with E-state index in [4.69, 9.17) is 0 Å². The number of rotatable bonds is 4. The van der Waals surface area contributed by atoms with Crippen LogP contribution in [0.1, 0.15) is 24.1 Å². The maximum absolute atomic E-state index is 13.0. The Labute approximate surface area is 111 Å². The molecule has 0 spiro atoms. The summed E-state index contributed by atoms with van der Waals surface area (Å²) in [7, 11) is 0. The van der Waals surface area contributed by atoms with Crippen LogP contribution < -0.4 is 5.32 Å². The molecule has 0 aliphatic carbocycles. The molecular weight excluding hydrogens is 245 g/mol. The Hall–Kier alpha value is -2.07. The highest BCUT2D eigenvalue weighted by atomic mass is 19.1. The third-order valence-electron chi connectivity index (χ3n) is 2.98. The highest BCUT2D eigenvalue weighted by Gasteiger charge is 2.10. The molecule has 0 fully saturated rings. The lowest BCUT2D eigenvalue weighted by atomic mass is 10.1. The van der Waals surface area contributed by atoms with Crippen molar-refractivity contribution in [1.82, 2.24) is 5.32 Å². The quantitative estimate of drug-likeness (QED) is 0.741. The van der Waals surface area contributed by atoms with Crippen LogP contribution in [0.5, 0.6) is 11.5 Å². The Balaban J connectivity index is 2.05. The Morgan fingerprint density at radius 1 is 1.16 bits per heavy atom. The van der Waals surface area contributed by atoms with Gasteiger partial charge in [0.1, 0.15) is 17.3 Å². The zero-order valence-corrected chi connectivity index (χ0v) is 10.6. The van der Waals surface area contributed by atoms with Crippen LogP contribution in [0.4, 0.5) is 4.39 Å². The summed E-state index contributed by atoms with van der Waals surface area (Å²) in [6.07, 6.45) is 0. The third-order valence-corrected chi connectivity index (χ3v) is 2.98. The number of halogens is 1. The number of hydrogen-bond acceptors (Lipinski definition) is 3. The van der Waals surface area contributed by atoms with Gasteiger partial charge in [-0.3, -0.25) is 0 Å². The summed E-state index contributed by atoms with van der Waals surface area (Å²) in [5.41, 5.74) is 1.43. The smallest absolute Gasteiger partial charge is 0.123 e. The molecular formula is C15H16FNO2. The zero-order valence-electron chi connectivity index (χ0n) is 10.6. The number of nitrogens with one attached hydrogen (secondary N) is 1. The van der Waals surface area contributed by atoms with Gasteiger partial charge in [-0.05, 0) is 42.8 Å². The van der Waals surface area contributed by atoms with Crippen molar-refractivity contribution in [2.75, 3.05) is 0 Å². The van der Waals surface area contributed by atoms with E-state index in [1.54, 1.807) is 6.07 Å². The minimum atomic E-state index is -0.271. The van der Waals surface area contributed by atoms with Gasteiger partial charge in [-0.15, -0.1) is 0 Å². The maximum Gasteiger partial charge on any atom is 0.123 e. The van der Waals surface area contributed by atoms with Gasteiger partial charge < -0.3 is 15.5 Å². The Kier molecular flexibility index (Phi) is 4.02. The molecule has 0 aliphatic heterocycles. The molecule has 0 saturated heterocycles. The van der Waals surface area contributed by atoms with E-state index in [9.17, 15) is 14.6 Å². The minimum absolute atomic E-state index is 0.104. The lowest BCUT2D eigenvalue weighted by Gasteiger charge is -2.16. The van der Waals surface area contributed by atoms with Crippen molar-refractivity contribution in [3.8, 4) is 11.5 Å². The van der Waals surface area contributed by atoms with E-state index in [-0.39, 0.29) is 23.4 Å². The van der Waals surface area contributed by atoms with Gasteiger partial charge in [0.2, 0.25) is 0 Å². The van der Waals surface area contributed by atoms with Crippen molar-refractivity contribution in [2.24, 2.45) is 0 Å². The Morgan fingerprint density at radius 3 is 2.68 bits per heavy atom. The standard InChI is InChI=1S/C15H16FNO2/c1-10(14-8-13(18)5-6-15(14)19)17-9-11-3-2-4-12(16)7-11/h2-8,10,17-19H,9H2,1H3. The fraction of sp³-hybridized carbons (Fsp3) is 0.200. The van der Waals surface area contributed by atoms with E-state index in [0.717, 1.165) is 5.56 Å². The lowest BCUT2D eigenvalue weighted by molar-refractivity contribution is 0.440. The van der Waals surface area contributed by atoms with Crippen LogP contribution in [0, 0.1) is 5.82 Å². The van der Waals surface area contributed by atoms with E-state index >= 15 is 0 Å². The zero-order chi connectivity index (χ0) is 13.8. The summed E-state index contributed by atoms with van der Waals surface area (Å²) in [6.45, 7) is 2.35. The summed E-state index contributed by atoms with van der Waals surface area (Å²) in [6, 6.07) is 10.6. The average molecular weight is 261 g/mol. The molecule has 1 unspecified atom stereocenters. The third kappa shape index (κ3) is 3.45. The van der Waals surface area contributed by atoms with Gasteiger partial charge in [0.15, 0.2) is 0 Å². The van der Waals surface area contributed by atoms with Crippen LogP contribution in [-0.2, 0) is 6.54 Å². The second kappa shape index (κ2) is 5.71. The topological polar surface area (TPSA) is 52.5 Å². The molecule has 0 aromatic heterocycles. The predicted octanol–water partition coefficient (Wildman–Crippen LogP) is 3.09. The summed E-state index contributed by atoms with van der Waals surface area (Å²) in [5, 5.41) is 22.3. The number of hydrogen-bond donors (Lipinski definition) is 3. The summed E-state index contributed by atoms with van der Waals surface area (Å²) >= 11 is 0. The molecule has 2 aromatic rings. The SMILES string of the molecule is CC(NCc1cccc(F)c1)c1cc(O)ccc1O. The van der Waals surface area contributed by atoms with Crippen LogP contribution in [-0.4, -0.2) is 10.2 Å². The van der Waals surface area contributed by atoms with Gasteiger partial charge in [-0.2, -0.15) is 0 Å². The molecule has 2 aromatic carbocycles. The molecule has 4 heteroatoms. The summed E-state index contributed by atoms with van der Waals surface area (Å²) < 4.78 is 13.0. The molecule has 0 amide bonds. The first-order valence-corrected chi connectivity index (χ1v) is 6.06. The first-order chi connectivity index (χ1) is 9.06. The van der Waals surface area contributed by atoms with Crippen LogP contribution >= 0.6 is 0 Å². The second-order valence-electron chi connectivity index (χ2n) is 4.48. The van der Waals surface area contributed by atoms with Gasteiger partial charge >= 0.3 is 0 Å². The van der Waals surface area contributed by atoms with E-state index in [2.05, 4.69) is 5.32 Å². The van der Waals surface area contributed by atoms with Crippen LogP contribution in [0.2, 0.25) is 0 Å². The van der Waals surface area contributed by atoms with E-state index in [0.29, 0.717) is 12.1 Å². The number of aromatic hydroxyl groups is 2. The largest absolute Gasteiger partial charge is 0.508 e. The van der Waals surface area contributed by atoms with Crippen molar-refractivity contribution >= 4 is 0 Å². The summed E-state index contributed by atoms with van der Waals surface area (Å²) in [5.74, 6) is -0.0450. The van der Waals surface area contributed by atoms with Gasteiger partial charge in [0.05, 0.1) is 0 Å². The highest BCUT2D eigenvalue weighted by Crippen LogP contribution is 2.27. The normalized spacial score (nSPS) is 12.3. The number of phenolic OH excluding ortho intramolecular Hbond substituents is 2. The van der Waals surface area contributed by atoms with Crippen LogP contribution in [0.15, 0.2) is 42.5 Å². The van der Waals surface area contributed by atoms with Gasteiger partial charge in [-0.25, -0.2) is 4.39 Å². The van der Waals surface area contributed by atoms with Crippen LogP contribution in [0.25, 0.3) is 0 Å². The molecule has 100 valence electrons. The van der Waals surface area contributed by atoms with Crippen LogP contribution in [0.3, 0.4) is 0 Å². The molecule has 19 heavy (non-hydrogen) atoms. The highest BCUT2D eigenvalue weighted by molar-refractivity contribution is 5.40. The molecule has 0 bridgehead atoms. The molecule has 2 rings (SSSR count). The molecule has 0 heterocycles. The number of benzene rings is 2. The van der Waals surface area contributed by atoms with Crippen molar-refractivity contribution in [2.45, 2.75) is 19.5 Å². The maximum atomic E-state index is 13.0. The van der Waals surface area contributed by atoms with E-state index in [1.165, 1.54) is 30.3 Å². The molecule has 1 atom stereocenters. The van der Waals surface area contributed by atoms with Crippen molar-refractivity contribution in [1.29, 1.82) is 0 Å². The predicted molar refractivity (Wildman–Crippen MR) is 71.4 cm³/mol. The lowest BCUT2D eigenvalue weighted by Crippen LogP contribution is -2.18. The van der Waals surface area contributed by atoms with E-state index in [1.807, 2.05) is 13.0 Å². The van der Waals surface area contributed by atoms with Gasteiger partial charge in [0.25, 0.3) is 0 Å². The molecule has 3 N–H and O–H groups in total. The van der Waals surface area contributed by atoms with E-state index < -0.39 is 0 Å². The van der Waals surface area contributed by atoms with Gasteiger partial charge in [0, 0.05) is 18.2 Å². The first-order valence-electron chi connectivity index (χ1n) is 6.06. The Morgan fingerprint density at radius 2 is 1.95 bits per heavy atom. The van der Waals surface area contributed by atoms with Gasteiger partial charge in [-0.1, -0.05) is 12.1 Å². The molecule has 3 nitrogen and oxygen atoms in total. The molecule has 0 aliphatic rings. The summed E-state index contributed by atoms with van der Waals surface area (Å²) in [4.78, 5) is 0. The van der Waals surface area contributed by atoms with Crippen molar-refractivity contribution in [3.05, 3.63) is 59.4 Å². The van der Waals surface area contributed by atoms with Crippen molar-refractivity contribution < 1.29 is 14.6 Å². The molecule has 0 saturated carbocycles. The average Bonchev–Trinajstić information content (AvgIpc) is 2.39. The molecule has 0 radical (unpaired) electrons.